The molecule has 0 radical (unpaired) electrons. The molecule has 0 heterocycles. The van der Waals surface area contributed by atoms with Gasteiger partial charge in [-0.1, -0.05) is 188 Å². The van der Waals surface area contributed by atoms with Gasteiger partial charge in [0.1, 0.15) is 0 Å². The molecule has 0 N–H and O–H groups in total. The topological polar surface area (TPSA) is 3.24 Å². The smallest absolute Gasteiger partial charge is 0.0726 e. The lowest BCUT2D eigenvalue weighted by molar-refractivity contribution is 0.793. The Labute approximate surface area is 332 Å². The average molecular weight is 722 g/mol. The van der Waals surface area contributed by atoms with Gasteiger partial charge >= 0.3 is 0 Å². The fraction of sp³-hybridized carbons (Fsp3) is 0.0357. The molecular weight excluding hydrogens is 687 g/mol. The van der Waals surface area contributed by atoms with Gasteiger partial charge in [-0.15, -0.1) is 0 Å². The predicted octanol–water partition coefficient (Wildman–Crippen LogP) is 13.8. The summed E-state index contributed by atoms with van der Waals surface area (Å²) in [4.78, 5) is 2.56. The van der Waals surface area contributed by atoms with Crippen molar-refractivity contribution in [3.8, 4) is 44.5 Å². The fourth-order valence-electron chi connectivity index (χ4n) is 11.6. The zero-order chi connectivity index (χ0) is 37.3. The first-order valence-electron chi connectivity index (χ1n) is 20.0. The lowest BCUT2D eigenvalue weighted by Crippen LogP contribution is -2.26. The highest BCUT2D eigenvalue weighted by Gasteiger charge is 2.54. The van der Waals surface area contributed by atoms with Crippen LogP contribution in [0.3, 0.4) is 0 Å². The van der Waals surface area contributed by atoms with Crippen LogP contribution in [-0.2, 0) is 10.8 Å². The van der Waals surface area contributed by atoms with Gasteiger partial charge in [0.25, 0.3) is 0 Å². The van der Waals surface area contributed by atoms with Crippen molar-refractivity contribution in [2.24, 2.45) is 0 Å². The Bertz CT molecular complexity index is 2870. The van der Waals surface area contributed by atoms with Crippen LogP contribution in [0.15, 0.2) is 212 Å². The van der Waals surface area contributed by atoms with E-state index in [1.807, 2.05) is 0 Å². The lowest BCUT2D eigenvalue weighted by Gasteiger charge is -2.33. The number of anilines is 3. The molecular formula is C56H35N. The Kier molecular flexibility index (Phi) is 6.09. The van der Waals surface area contributed by atoms with E-state index in [-0.39, 0.29) is 0 Å². The van der Waals surface area contributed by atoms with Crippen molar-refractivity contribution < 1.29 is 0 Å². The van der Waals surface area contributed by atoms with E-state index >= 15 is 0 Å². The van der Waals surface area contributed by atoms with E-state index < -0.39 is 10.8 Å². The van der Waals surface area contributed by atoms with Crippen molar-refractivity contribution >= 4 is 17.1 Å². The molecule has 0 atom stereocenters. The number of nitrogens with zero attached hydrogens (tertiary/aromatic N) is 1. The maximum Gasteiger partial charge on any atom is 0.0726 e. The molecule has 0 saturated heterocycles. The summed E-state index contributed by atoms with van der Waals surface area (Å²) in [5.74, 6) is 0. The van der Waals surface area contributed by atoms with Crippen molar-refractivity contribution in [2.75, 3.05) is 4.90 Å². The molecule has 0 saturated carbocycles. The molecule has 0 amide bonds. The average Bonchev–Trinajstić information content (AvgIpc) is 3.97. The van der Waals surface area contributed by atoms with E-state index in [0.29, 0.717) is 0 Å². The first kappa shape index (κ1) is 31.0. The minimum atomic E-state index is -0.427. The van der Waals surface area contributed by atoms with Crippen molar-refractivity contribution in [3.05, 3.63) is 257 Å². The van der Waals surface area contributed by atoms with Crippen molar-refractivity contribution in [3.63, 3.8) is 0 Å². The zero-order valence-electron chi connectivity index (χ0n) is 31.2. The van der Waals surface area contributed by atoms with Crippen LogP contribution in [0.25, 0.3) is 44.5 Å². The number of rotatable bonds is 3. The van der Waals surface area contributed by atoms with Crippen molar-refractivity contribution in [1.82, 2.24) is 0 Å². The number of hydrogen-bond donors (Lipinski definition) is 0. The minimum absolute atomic E-state index is 0.427. The van der Waals surface area contributed by atoms with Crippen LogP contribution in [0, 0.1) is 0 Å². The van der Waals surface area contributed by atoms with E-state index in [0.717, 1.165) is 5.69 Å². The van der Waals surface area contributed by atoms with Crippen LogP contribution in [0.5, 0.6) is 0 Å². The summed E-state index contributed by atoms with van der Waals surface area (Å²) in [6.45, 7) is 0. The molecule has 0 aromatic heterocycles. The van der Waals surface area contributed by atoms with Gasteiger partial charge in [-0.2, -0.15) is 0 Å². The monoisotopic (exact) mass is 721 g/mol. The molecule has 9 aromatic rings. The second-order valence-electron chi connectivity index (χ2n) is 15.8. The Morgan fingerprint density at radius 3 is 0.877 bits per heavy atom. The molecule has 9 aromatic carbocycles. The summed E-state index contributed by atoms with van der Waals surface area (Å²) >= 11 is 0. The molecule has 57 heavy (non-hydrogen) atoms. The molecule has 264 valence electrons. The van der Waals surface area contributed by atoms with E-state index in [2.05, 4.69) is 217 Å². The minimum Gasteiger partial charge on any atom is -0.309 e. The highest BCUT2D eigenvalue weighted by atomic mass is 15.1. The van der Waals surface area contributed by atoms with E-state index in [4.69, 9.17) is 0 Å². The number of hydrogen-bond acceptors (Lipinski definition) is 1. The summed E-state index contributed by atoms with van der Waals surface area (Å²) in [7, 11) is 0. The van der Waals surface area contributed by atoms with Crippen LogP contribution in [0.4, 0.5) is 17.1 Å². The Morgan fingerprint density at radius 2 is 0.509 bits per heavy atom. The van der Waals surface area contributed by atoms with Crippen LogP contribution in [0.2, 0.25) is 0 Å². The standard InChI is InChI=1S/C56H35N/c1-2-18-36(19-3-1)57(51-34-16-32-49-53(51)41-24-8-14-30-47(41)55(49)43-26-10-4-20-37(43)38-21-5-11-27-44(38)55)52-35-17-33-50-54(52)42-25-9-15-31-48(42)56(50)45-28-12-6-22-39(45)40-23-7-13-29-46(40)56/h1-35H. The zero-order valence-corrected chi connectivity index (χ0v) is 31.2. The van der Waals surface area contributed by atoms with Crippen molar-refractivity contribution in [1.29, 1.82) is 0 Å². The fourth-order valence-corrected chi connectivity index (χ4v) is 11.6. The quantitative estimate of drug-likeness (QED) is 0.176. The summed E-state index contributed by atoms with van der Waals surface area (Å²) in [5, 5.41) is 0. The van der Waals surface area contributed by atoms with Gasteiger partial charge in [0.15, 0.2) is 0 Å². The molecule has 0 aliphatic heterocycles. The Balaban J connectivity index is 1.14. The third-order valence-corrected chi connectivity index (χ3v) is 13.5. The van der Waals surface area contributed by atoms with Crippen LogP contribution < -0.4 is 4.90 Å². The molecule has 0 unspecified atom stereocenters. The first-order chi connectivity index (χ1) is 28.3. The largest absolute Gasteiger partial charge is 0.309 e. The normalized spacial score (nSPS) is 14.6. The number of benzene rings is 9. The van der Waals surface area contributed by atoms with Gasteiger partial charge in [0, 0.05) is 16.8 Å². The Morgan fingerprint density at radius 1 is 0.228 bits per heavy atom. The van der Waals surface area contributed by atoms with Crippen molar-refractivity contribution in [2.45, 2.75) is 10.8 Å². The SMILES string of the molecule is c1ccc(N(c2cccc3c2-c2ccccc2C32c3ccccc3-c3ccccc32)c2cccc3c2-c2ccccc2C32c3ccccc3-c3ccccc32)cc1. The van der Waals surface area contributed by atoms with E-state index in [9.17, 15) is 0 Å². The highest BCUT2D eigenvalue weighted by Crippen LogP contribution is 2.67. The Hall–Kier alpha value is -7.22. The number of fused-ring (bicyclic) bond motifs is 20. The summed E-state index contributed by atoms with van der Waals surface area (Å²) < 4.78 is 0. The maximum atomic E-state index is 2.56. The summed E-state index contributed by atoms with van der Waals surface area (Å²) in [6, 6.07) is 79.7. The maximum absolute atomic E-state index is 2.56. The molecule has 2 spiro atoms. The van der Waals surface area contributed by atoms with E-state index in [1.165, 1.54) is 100 Å². The van der Waals surface area contributed by atoms with E-state index in [1.54, 1.807) is 0 Å². The third-order valence-electron chi connectivity index (χ3n) is 13.5. The predicted molar refractivity (Wildman–Crippen MR) is 234 cm³/mol. The second kappa shape index (κ2) is 11.2. The van der Waals surface area contributed by atoms with Gasteiger partial charge < -0.3 is 4.90 Å². The summed E-state index contributed by atoms with van der Waals surface area (Å²) in [6.07, 6.45) is 0. The summed E-state index contributed by atoms with van der Waals surface area (Å²) in [5.41, 5.74) is 23.9. The highest BCUT2D eigenvalue weighted by molar-refractivity contribution is 6.05. The third kappa shape index (κ3) is 3.66. The molecule has 4 aliphatic rings. The van der Waals surface area contributed by atoms with Gasteiger partial charge in [0.2, 0.25) is 0 Å². The number of para-hydroxylation sites is 1. The van der Waals surface area contributed by atoms with Gasteiger partial charge in [-0.3, -0.25) is 0 Å². The molecule has 4 aliphatic carbocycles. The first-order valence-corrected chi connectivity index (χ1v) is 20.0. The molecule has 1 nitrogen and oxygen atoms in total. The van der Waals surface area contributed by atoms with Gasteiger partial charge in [-0.05, 0) is 102 Å². The van der Waals surface area contributed by atoms with Gasteiger partial charge in [-0.25, -0.2) is 0 Å². The van der Waals surface area contributed by atoms with Crippen LogP contribution >= 0.6 is 0 Å². The molecule has 0 bridgehead atoms. The molecule has 13 rings (SSSR count). The van der Waals surface area contributed by atoms with Crippen LogP contribution in [0.1, 0.15) is 44.5 Å². The van der Waals surface area contributed by atoms with Gasteiger partial charge in [0.05, 0.1) is 22.2 Å². The lowest BCUT2D eigenvalue weighted by atomic mass is 9.70. The molecule has 1 heteroatoms. The van der Waals surface area contributed by atoms with Crippen LogP contribution in [-0.4, -0.2) is 0 Å². The second-order valence-corrected chi connectivity index (χ2v) is 15.8. The molecule has 0 fully saturated rings.